The third-order valence-corrected chi connectivity index (χ3v) is 6.12. The first kappa shape index (κ1) is 14.9. The zero-order valence-electron chi connectivity index (χ0n) is 14.6. The first-order valence-electron chi connectivity index (χ1n) is 9.39. The van der Waals surface area contributed by atoms with Gasteiger partial charge in [-0.1, -0.05) is 38.5 Å². The van der Waals surface area contributed by atoms with Gasteiger partial charge < -0.3 is 0 Å². The number of hydrogen-bond acceptors (Lipinski definition) is 0. The van der Waals surface area contributed by atoms with Crippen molar-refractivity contribution in [2.24, 2.45) is 0 Å². The summed E-state index contributed by atoms with van der Waals surface area (Å²) in [5, 5.41) is 0. The average Bonchev–Trinajstić information content (AvgIpc) is 2.59. The molecular weight excluding hydrogens is 278 g/mol. The maximum atomic E-state index is 2.62. The number of aryl methyl sites for hydroxylation is 3. The maximum absolute atomic E-state index is 2.62. The first-order chi connectivity index (χ1) is 11.3. The summed E-state index contributed by atoms with van der Waals surface area (Å²) in [7, 11) is 0. The first-order valence-corrected chi connectivity index (χ1v) is 9.39. The van der Waals surface area contributed by atoms with Gasteiger partial charge in [0, 0.05) is 37.8 Å². The SMILES string of the molecule is CCCCc1cc2c3cc1CC(CC)(C3)[n+]1ccccc1CC2. The van der Waals surface area contributed by atoms with Crippen molar-refractivity contribution in [3.05, 3.63) is 64.5 Å². The number of pyridine rings is 1. The van der Waals surface area contributed by atoms with E-state index in [1.165, 1.54) is 57.1 Å². The molecule has 1 nitrogen and oxygen atoms in total. The Morgan fingerprint density at radius 2 is 1.87 bits per heavy atom. The smallest absolute Gasteiger partial charge is 0.182 e. The quantitative estimate of drug-likeness (QED) is 0.741. The number of unbranched alkanes of at least 4 members (excludes halogenated alkanes) is 1. The molecular formula is C22H28N+. The van der Waals surface area contributed by atoms with Crippen LogP contribution in [-0.4, -0.2) is 0 Å². The van der Waals surface area contributed by atoms with Crippen molar-refractivity contribution in [2.75, 3.05) is 0 Å². The van der Waals surface area contributed by atoms with Crippen LogP contribution < -0.4 is 4.57 Å². The summed E-state index contributed by atoms with van der Waals surface area (Å²) in [6.45, 7) is 4.68. The molecule has 2 aliphatic rings. The molecule has 1 unspecified atom stereocenters. The van der Waals surface area contributed by atoms with Gasteiger partial charge in [0.2, 0.25) is 0 Å². The van der Waals surface area contributed by atoms with Gasteiger partial charge >= 0.3 is 0 Å². The van der Waals surface area contributed by atoms with E-state index >= 15 is 0 Å². The Balaban J connectivity index is 1.86. The van der Waals surface area contributed by atoms with E-state index in [4.69, 9.17) is 0 Å². The van der Waals surface area contributed by atoms with E-state index in [1.54, 1.807) is 22.3 Å². The highest BCUT2D eigenvalue weighted by Crippen LogP contribution is 2.37. The second kappa shape index (κ2) is 5.78. The topological polar surface area (TPSA) is 3.88 Å². The molecule has 1 atom stereocenters. The summed E-state index contributed by atoms with van der Waals surface area (Å²) in [5.41, 5.74) is 8.26. The summed E-state index contributed by atoms with van der Waals surface area (Å²) in [6, 6.07) is 11.8. The molecule has 0 spiro atoms. The number of fused-ring (bicyclic) bond motifs is 4. The predicted molar refractivity (Wildman–Crippen MR) is 94.8 cm³/mol. The fraction of sp³-hybridized carbons (Fsp3) is 0.500. The monoisotopic (exact) mass is 306 g/mol. The van der Waals surface area contributed by atoms with Crippen LogP contribution in [0.3, 0.4) is 0 Å². The zero-order valence-corrected chi connectivity index (χ0v) is 14.6. The molecule has 0 saturated carbocycles. The van der Waals surface area contributed by atoms with Gasteiger partial charge in [-0.05, 0) is 41.5 Å². The number of rotatable bonds is 4. The largest absolute Gasteiger partial charge is 0.196 e. The maximum Gasteiger partial charge on any atom is 0.182 e. The average molecular weight is 306 g/mol. The summed E-state index contributed by atoms with van der Waals surface area (Å²) >= 11 is 0. The lowest BCUT2D eigenvalue weighted by Gasteiger charge is -2.36. The summed E-state index contributed by atoms with van der Waals surface area (Å²) in [5.74, 6) is 0. The molecule has 1 aromatic carbocycles. The van der Waals surface area contributed by atoms with Gasteiger partial charge in [-0.2, -0.15) is 4.57 Å². The molecule has 1 aromatic heterocycles. The molecule has 4 rings (SSSR count). The number of nitrogens with zero attached hydrogens (tertiary/aromatic N) is 1. The van der Waals surface area contributed by atoms with Gasteiger partial charge in [0.1, 0.15) is 0 Å². The molecule has 0 fully saturated rings. The van der Waals surface area contributed by atoms with Crippen molar-refractivity contribution in [3.63, 3.8) is 0 Å². The lowest BCUT2D eigenvalue weighted by Crippen LogP contribution is -2.62. The van der Waals surface area contributed by atoms with Crippen molar-refractivity contribution in [2.45, 2.75) is 70.8 Å². The van der Waals surface area contributed by atoms with E-state index in [1.807, 2.05) is 0 Å². The molecule has 1 aliphatic carbocycles. The van der Waals surface area contributed by atoms with Crippen LogP contribution in [0.5, 0.6) is 0 Å². The fourth-order valence-electron chi connectivity index (χ4n) is 4.72. The van der Waals surface area contributed by atoms with E-state index in [2.05, 4.69) is 54.9 Å². The van der Waals surface area contributed by atoms with Crippen LogP contribution >= 0.6 is 0 Å². The molecule has 1 aliphatic heterocycles. The highest BCUT2D eigenvalue weighted by molar-refractivity contribution is 5.43. The zero-order chi connectivity index (χ0) is 15.9. The van der Waals surface area contributed by atoms with Crippen molar-refractivity contribution in [1.82, 2.24) is 0 Å². The molecule has 23 heavy (non-hydrogen) atoms. The Hall–Kier alpha value is -1.63. The van der Waals surface area contributed by atoms with Gasteiger partial charge in [0.25, 0.3) is 0 Å². The molecule has 0 amide bonds. The van der Waals surface area contributed by atoms with Crippen molar-refractivity contribution >= 4 is 0 Å². The Morgan fingerprint density at radius 3 is 2.70 bits per heavy atom. The molecule has 1 heteroatoms. The van der Waals surface area contributed by atoms with Crippen LogP contribution in [0.4, 0.5) is 0 Å². The minimum absolute atomic E-state index is 0.257. The van der Waals surface area contributed by atoms with Crippen LogP contribution in [0.2, 0.25) is 0 Å². The number of hydrogen-bond donors (Lipinski definition) is 0. The lowest BCUT2D eigenvalue weighted by atomic mass is 9.72. The Morgan fingerprint density at radius 1 is 1.00 bits per heavy atom. The van der Waals surface area contributed by atoms with E-state index in [-0.39, 0.29) is 5.54 Å². The Bertz CT molecular complexity index is 731. The highest BCUT2D eigenvalue weighted by atomic mass is 15.1. The Kier molecular flexibility index (Phi) is 3.75. The molecule has 3 bridgehead atoms. The van der Waals surface area contributed by atoms with Crippen molar-refractivity contribution < 1.29 is 4.57 Å². The third kappa shape index (κ3) is 2.41. The molecule has 120 valence electrons. The molecule has 0 radical (unpaired) electrons. The fourth-order valence-corrected chi connectivity index (χ4v) is 4.72. The van der Waals surface area contributed by atoms with Crippen LogP contribution in [-0.2, 0) is 37.6 Å². The van der Waals surface area contributed by atoms with Crippen LogP contribution in [0, 0.1) is 0 Å². The predicted octanol–water partition coefficient (Wildman–Crippen LogP) is 4.32. The van der Waals surface area contributed by atoms with Crippen LogP contribution in [0.15, 0.2) is 36.5 Å². The number of benzene rings is 1. The summed E-state index contributed by atoms with van der Waals surface area (Å²) in [6.07, 6.45) is 12.2. The molecule has 2 aromatic rings. The van der Waals surface area contributed by atoms with Gasteiger partial charge in [0.05, 0.1) is 0 Å². The van der Waals surface area contributed by atoms with Gasteiger partial charge in [0.15, 0.2) is 17.4 Å². The van der Waals surface area contributed by atoms with E-state index in [0.29, 0.717) is 0 Å². The lowest BCUT2D eigenvalue weighted by molar-refractivity contribution is -0.772. The minimum atomic E-state index is 0.257. The third-order valence-electron chi connectivity index (χ3n) is 6.12. The van der Waals surface area contributed by atoms with Gasteiger partial charge in [-0.15, -0.1) is 0 Å². The molecule has 2 heterocycles. The molecule has 0 N–H and O–H groups in total. The van der Waals surface area contributed by atoms with Crippen LogP contribution in [0.25, 0.3) is 0 Å². The summed E-state index contributed by atoms with van der Waals surface area (Å²) < 4.78 is 2.62. The standard InChI is InChI=1S/C22H28N/c1-3-5-8-17-13-18-10-11-21-9-6-7-12-23(21)22(4-2)15-19(17)14-20(18)16-22/h6-7,9,12-14H,3-5,8,10-11,15-16H2,1-2H3/q+1. The van der Waals surface area contributed by atoms with E-state index in [9.17, 15) is 0 Å². The van der Waals surface area contributed by atoms with Gasteiger partial charge in [-0.3, -0.25) is 0 Å². The van der Waals surface area contributed by atoms with E-state index < -0.39 is 0 Å². The minimum Gasteiger partial charge on any atom is -0.196 e. The molecule has 0 saturated heterocycles. The Labute approximate surface area is 140 Å². The second-order valence-corrected chi connectivity index (χ2v) is 7.49. The van der Waals surface area contributed by atoms with E-state index in [0.717, 1.165) is 0 Å². The second-order valence-electron chi connectivity index (χ2n) is 7.49. The van der Waals surface area contributed by atoms with Crippen molar-refractivity contribution in [1.29, 1.82) is 0 Å². The number of aromatic nitrogens is 1. The van der Waals surface area contributed by atoms with Gasteiger partial charge in [-0.25, -0.2) is 0 Å². The highest BCUT2D eigenvalue weighted by Gasteiger charge is 2.44. The summed E-state index contributed by atoms with van der Waals surface area (Å²) in [4.78, 5) is 0. The normalized spacial score (nSPS) is 21.7. The van der Waals surface area contributed by atoms with Crippen LogP contribution in [0.1, 0.15) is 61.1 Å². The van der Waals surface area contributed by atoms with Crippen molar-refractivity contribution in [3.8, 4) is 0 Å².